The highest BCUT2D eigenvalue weighted by Gasteiger charge is 2.51. The van der Waals surface area contributed by atoms with Crippen LogP contribution in [0.3, 0.4) is 0 Å². The predicted molar refractivity (Wildman–Crippen MR) is 90.0 cm³/mol. The van der Waals surface area contributed by atoms with E-state index in [-0.39, 0.29) is 17.0 Å². The Hall–Kier alpha value is -2.65. The minimum Gasteiger partial charge on any atom is -0.477 e. The van der Waals surface area contributed by atoms with Crippen LogP contribution < -0.4 is 16.0 Å². The molecule has 25 heavy (non-hydrogen) atoms. The quantitative estimate of drug-likeness (QED) is 0.465. The van der Waals surface area contributed by atoms with E-state index in [0.29, 0.717) is 23.4 Å². The molecule has 1 saturated heterocycles. The van der Waals surface area contributed by atoms with Crippen LogP contribution in [0.25, 0.3) is 0 Å². The Balaban J connectivity index is 1.76. The van der Waals surface area contributed by atoms with Crippen molar-refractivity contribution in [1.82, 2.24) is 4.90 Å². The first-order valence-corrected chi connectivity index (χ1v) is 8.57. The molecule has 2 aliphatic heterocycles. The second-order valence-corrected chi connectivity index (χ2v) is 6.77. The summed E-state index contributed by atoms with van der Waals surface area (Å²) in [6.07, 6.45) is 6.92. The van der Waals surface area contributed by atoms with Crippen LogP contribution in [-0.2, 0) is 16.1 Å². The van der Waals surface area contributed by atoms with E-state index in [9.17, 15) is 19.5 Å². The zero-order valence-corrected chi connectivity index (χ0v) is 14.0. The normalized spacial score (nSPS) is 22.8. The minimum absolute atomic E-state index is 0.000719. The molecular formula is C16H17N4O4S+. The lowest BCUT2D eigenvalue weighted by molar-refractivity contribution is -0.687. The molecule has 8 nitrogen and oxygen atoms in total. The molecule has 2 atom stereocenters. The number of fused-ring (bicyclic) bond motifs is 1. The molecule has 0 saturated carbocycles. The van der Waals surface area contributed by atoms with Gasteiger partial charge >= 0.3 is 5.97 Å². The van der Waals surface area contributed by atoms with E-state index in [1.807, 2.05) is 4.57 Å². The largest absolute Gasteiger partial charge is 0.477 e. The SMILES string of the molecule is NC(=O)c1cc[n+](C/C=C/C2=C(C(=O)O)N3C(=O)[C@@H](N)[C@H]3SC2)cc1. The van der Waals surface area contributed by atoms with Gasteiger partial charge in [0.15, 0.2) is 18.9 Å². The number of carbonyl (C=O) groups is 3. The maximum Gasteiger partial charge on any atom is 0.352 e. The van der Waals surface area contributed by atoms with Crippen LogP contribution in [0.2, 0.25) is 0 Å². The molecule has 2 amide bonds. The summed E-state index contributed by atoms with van der Waals surface area (Å²) in [6.45, 7) is 0.483. The summed E-state index contributed by atoms with van der Waals surface area (Å²) >= 11 is 1.45. The number of rotatable bonds is 5. The van der Waals surface area contributed by atoms with Gasteiger partial charge in [-0.25, -0.2) is 9.36 Å². The number of allylic oxidation sites excluding steroid dienone is 2. The Kier molecular flexibility index (Phi) is 4.60. The van der Waals surface area contributed by atoms with Gasteiger partial charge in [0.1, 0.15) is 17.1 Å². The molecule has 2 aliphatic rings. The van der Waals surface area contributed by atoms with Crippen LogP contribution in [-0.4, -0.2) is 45.0 Å². The fraction of sp³-hybridized carbons (Fsp3) is 0.250. The Labute approximate surface area is 147 Å². The highest BCUT2D eigenvalue weighted by Crippen LogP contribution is 2.39. The lowest BCUT2D eigenvalue weighted by atomic mass is 10.0. The number of pyridine rings is 1. The number of carboxylic acids is 1. The van der Waals surface area contributed by atoms with Crippen LogP contribution in [0.1, 0.15) is 10.4 Å². The smallest absolute Gasteiger partial charge is 0.352 e. The van der Waals surface area contributed by atoms with E-state index in [1.165, 1.54) is 16.7 Å². The standard InChI is InChI=1S/C16H16N4O4S/c17-11-14(22)20-12(16(23)24)10(8-25-15(11)20)2-1-5-19-6-3-9(4-7-19)13(18)21/h1-4,6-7,11,15H,5,8,17H2,(H2-,18,21,23,24)/p+1/b2-1+/t11-,15-/m1/s1. The van der Waals surface area contributed by atoms with Crippen LogP contribution in [0.5, 0.6) is 0 Å². The molecule has 3 heterocycles. The average molecular weight is 361 g/mol. The highest BCUT2D eigenvalue weighted by atomic mass is 32.2. The van der Waals surface area contributed by atoms with Crippen LogP contribution in [0.4, 0.5) is 0 Å². The number of carboxylic acid groups (broad SMARTS) is 1. The van der Waals surface area contributed by atoms with Gasteiger partial charge in [-0.15, -0.1) is 11.8 Å². The molecule has 0 aromatic carbocycles. The Bertz CT molecular complexity index is 803. The fourth-order valence-electron chi connectivity index (χ4n) is 2.73. The lowest BCUT2D eigenvalue weighted by Gasteiger charge is -2.47. The number of carbonyl (C=O) groups excluding carboxylic acids is 2. The second kappa shape index (κ2) is 6.69. The summed E-state index contributed by atoms with van der Waals surface area (Å²) in [5, 5.41) is 9.15. The van der Waals surface area contributed by atoms with E-state index in [1.54, 1.807) is 36.7 Å². The van der Waals surface area contributed by atoms with Crippen molar-refractivity contribution in [1.29, 1.82) is 0 Å². The van der Waals surface area contributed by atoms with E-state index in [4.69, 9.17) is 11.5 Å². The molecule has 0 bridgehead atoms. The maximum absolute atomic E-state index is 11.9. The monoisotopic (exact) mass is 361 g/mol. The first-order chi connectivity index (χ1) is 11.9. The number of β-lactam (4-membered cyclic amide) rings is 1. The summed E-state index contributed by atoms with van der Waals surface area (Å²) in [5.41, 5.74) is 11.9. The third-order valence-electron chi connectivity index (χ3n) is 4.05. The van der Waals surface area contributed by atoms with E-state index in [0.717, 1.165) is 0 Å². The number of nitrogens with two attached hydrogens (primary N) is 2. The van der Waals surface area contributed by atoms with Gasteiger partial charge in [-0.1, -0.05) is 6.08 Å². The predicted octanol–water partition coefficient (Wildman–Crippen LogP) is -0.790. The highest BCUT2D eigenvalue weighted by molar-refractivity contribution is 8.00. The number of aliphatic carboxylic acids is 1. The van der Waals surface area contributed by atoms with Crippen molar-refractivity contribution in [3.05, 3.63) is 53.5 Å². The molecule has 0 aliphatic carbocycles. The van der Waals surface area contributed by atoms with Gasteiger partial charge in [0, 0.05) is 17.9 Å². The van der Waals surface area contributed by atoms with Crippen molar-refractivity contribution in [3.8, 4) is 0 Å². The van der Waals surface area contributed by atoms with Crippen molar-refractivity contribution in [3.63, 3.8) is 0 Å². The molecule has 9 heteroatoms. The average Bonchev–Trinajstić information content (AvgIpc) is 2.60. The molecule has 0 spiro atoms. The summed E-state index contributed by atoms with van der Waals surface area (Å²) in [5.74, 6) is -1.52. The Morgan fingerprint density at radius 3 is 2.68 bits per heavy atom. The summed E-state index contributed by atoms with van der Waals surface area (Å²) in [7, 11) is 0. The van der Waals surface area contributed by atoms with E-state index < -0.39 is 17.9 Å². The first kappa shape index (κ1) is 17.2. The zero-order chi connectivity index (χ0) is 18.1. The van der Waals surface area contributed by atoms with Gasteiger partial charge in [-0.3, -0.25) is 14.5 Å². The molecule has 3 rings (SSSR count). The third-order valence-corrected chi connectivity index (χ3v) is 5.38. The van der Waals surface area contributed by atoms with Gasteiger partial charge in [0.25, 0.3) is 0 Å². The molecule has 0 radical (unpaired) electrons. The van der Waals surface area contributed by atoms with Gasteiger partial charge in [0.2, 0.25) is 11.8 Å². The fourth-order valence-corrected chi connectivity index (χ4v) is 3.99. The van der Waals surface area contributed by atoms with Crippen molar-refractivity contribution >= 4 is 29.5 Å². The first-order valence-electron chi connectivity index (χ1n) is 7.52. The minimum atomic E-state index is -1.14. The zero-order valence-electron chi connectivity index (χ0n) is 13.2. The van der Waals surface area contributed by atoms with Crippen LogP contribution in [0.15, 0.2) is 47.9 Å². The van der Waals surface area contributed by atoms with Crippen LogP contribution in [0, 0.1) is 0 Å². The molecule has 1 fully saturated rings. The number of hydrogen-bond donors (Lipinski definition) is 3. The van der Waals surface area contributed by atoms with Gasteiger partial charge in [0.05, 0.1) is 5.56 Å². The number of nitrogens with zero attached hydrogens (tertiary/aromatic N) is 2. The number of amides is 2. The van der Waals surface area contributed by atoms with Crippen molar-refractivity contribution in [2.75, 3.05) is 5.75 Å². The number of hydrogen-bond acceptors (Lipinski definition) is 5. The van der Waals surface area contributed by atoms with Crippen molar-refractivity contribution in [2.24, 2.45) is 11.5 Å². The number of aromatic nitrogens is 1. The van der Waals surface area contributed by atoms with Crippen molar-refractivity contribution in [2.45, 2.75) is 18.0 Å². The molecule has 1 aromatic rings. The Morgan fingerprint density at radius 2 is 2.08 bits per heavy atom. The summed E-state index contributed by atoms with van der Waals surface area (Å²) in [4.78, 5) is 35.7. The molecule has 1 aromatic heterocycles. The number of thioether (sulfide) groups is 1. The van der Waals surface area contributed by atoms with Gasteiger partial charge < -0.3 is 16.6 Å². The second-order valence-electron chi connectivity index (χ2n) is 5.66. The molecule has 5 N–H and O–H groups in total. The maximum atomic E-state index is 11.9. The molecule has 0 unspecified atom stereocenters. The van der Waals surface area contributed by atoms with E-state index in [2.05, 4.69) is 0 Å². The summed E-state index contributed by atoms with van der Waals surface area (Å²) in [6, 6.07) is 2.59. The van der Waals surface area contributed by atoms with Gasteiger partial charge in [-0.05, 0) is 11.6 Å². The summed E-state index contributed by atoms with van der Waals surface area (Å²) < 4.78 is 1.81. The Morgan fingerprint density at radius 1 is 1.40 bits per heavy atom. The van der Waals surface area contributed by atoms with Gasteiger partial charge in [-0.2, -0.15) is 0 Å². The third kappa shape index (κ3) is 3.15. The number of primary amides is 1. The molecule has 130 valence electrons. The topological polar surface area (TPSA) is 131 Å². The van der Waals surface area contributed by atoms with Crippen molar-refractivity contribution < 1.29 is 24.1 Å². The van der Waals surface area contributed by atoms with Crippen LogP contribution >= 0.6 is 11.8 Å². The lowest BCUT2D eigenvalue weighted by Crippen LogP contribution is -2.68. The van der Waals surface area contributed by atoms with E-state index >= 15 is 0 Å². The molecular weight excluding hydrogens is 344 g/mol.